The zero-order valence-corrected chi connectivity index (χ0v) is 10.8. The third kappa shape index (κ3) is 1.99. The Bertz CT molecular complexity index is 691. The number of nitro groups is 1. The predicted molar refractivity (Wildman–Crippen MR) is 72.2 cm³/mol. The molecule has 0 saturated heterocycles. The summed E-state index contributed by atoms with van der Waals surface area (Å²) in [5.74, 6) is 0. The van der Waals surface area contributed by atoms with Crippen LogP contribution >= 0.6 is 0 Å². The molecule has 6 nitrogen and oxygen atoms in total. The number of nitrogens with zero attached hydrogens (tertiary/aromatic N) is 3. The van der Waals surface area contributed by atoms with Gasteiger partial charge in [0.1, 0.15) is 0 Å². The van der Waals surface area contributed by atoms with Gasteiger partial charge in [-0.1, -0.05) is 0 Å². The summed E-state index contributed by atoms with van der Waals surface area (Å²) in [4.78, 5) is 25.7. The van der Waals surface area contributed by atoms with Crippen molar-refractivity contribution >= 4 is 12.0 Å². The van der Waals surface area contributed by atoms with Gasteiger partial charge in [0.05, 0.1) is 22.5 Å². The number of hydrogen-bond donors (Lipinski definition) is 0. The Kier molecular flexibility index (Phi) is 3.06. The summed E-state index contributed by atoms with van der Waals surface area (Å²) in [6.07, 6.45) is 6.42. The lowest BCUT2D eigenvalue weighted by Gasteiger charge is -2.14. The largest absolute Gasteiger partial charge is 0.303 e. The van der Waals surface area contributed by atoms with E-state index in [1.165, 1.54) is 6.07 Å². The number of benzene rings is 1. The number of aryl methyl sites for hydroxylation is 1. The number of hydrogen-bond acceptors (Lipinski definition) is 4. The Morgan fingerprint density at radius 1 is 1.30 bits per heavy atom. The lowest BCUT2D eigenvalue weighted by Crippen LogP contribution is -2.07. The molecule has 0 N–H and O–H groups in total. The zero-order valence-electron chi connectivity index (χ0n) is 10.8. The first kappa shape index (κ1) is 12.5. The Balaban J connectivity index is 2.09. The van der Waals surface area contributed by atoms with Crippen LogP contribution in [0.25, 0.3) is 5.69 Å². The summed E-state index contributed by atoms with van der Waals surface area (Å²) in [6.45, 7) is 0. The number of aldehydes is 1. The first-order chi connectivity index (χ1) is 9.70. The van der Waals surface area contributed by atoms with Crippen LogP contribution in [-0.4, -0.2) is 20.8 Å². The topological polar surface area (TPSA) is 78.0 Å². The number of fused-ring (bicyclic) bond motifs is 1. The summed E-state index contributed by atoms with van der Waals surface area (Å²) in [6, 6.07) is 4.57. The van der Waals surface area contributed by atoms with E-state index in [2.05, 4.69) is 4.98 Å². The van der Waals surface area contributed by atoms with Crippen LogP contribution in [0.3, 0.4) is 0 Å². The van der Waals surface area contributed by atoms with Gasteiger partial charge in [0.25, 0.3) is 5.69 Å². The van der Waals surface area contributed by atoms with Crippen molar-refractivity contribution in [2.24, 2.45) is 0 Å². The van der Waals surface area contributed by atoms with Gasteiger partial charge in [-0.2, -0.15) is 0 Å². The van der Waals surface area contributed by atoms with Gasteiger partial charge in [0, 0.05) is 17.4 Å². The van der Waals surface area contributed by atoms with E-state index < -0.39 is 4.92 Å². The second-order valence-corrected chi connectivity index (χ2v) is 4.83. The van der Waals surface area contributed by atoms with Gasteiger partial charge in [-0.3, -0.25) is 14.9 Å². The third-order valence-electron chi connectivity index (χ3n) is 3.64. The summed E-state index contributed by atoms with van der Waals surface area (Å²) in [7, 11) is 0. The second-order valence-electron chi connectivity index (χ2n) is 4.83. The van der Waals surface area contributed by atoms with Gasteiger partial charge in [-0.25, -0.2) is 4.98 Å². The van der Waals surface area contributed by atoms with Crippen LogP contribution in [0, 0.1) is 10.1 Å². The van der Waals surface area contributed by atoms with E-state index >= 15 is 0 Å². The van der Waals surface area contributed by atoms with E-state index in [1.807, 2.05) is 4.57 Å². The number of carbonyl (C=O) groups is 1. The predicted octanol–water partition coefficient (Wildman–Crippen LogP) is 2.47. The van der Waals surface area contributed by atoms with Crippen LogP contribution in [0.15, 0.2) is 24.5 Å². The molecule has 0 fully saturated rings. The molecule has 0 spiro atoms. The fourth-order valence-electron chi connectivity index (χ4n) is 2.64. The van der Waals surface area contributed by atoms with Gasteiger partial charge in [-0.15, -0.1) is 0 Å². The maximum atomic E-state index is 11.0. The molecule has 0 amide bonds. The summed E-state index contributed by atoms with van der Waals surface area (Å²) < 4.78 is 1.92. The van der Waals surface area contributed by atoms with E-state index in [1.54, 1.807) is 18.5 Å². The average molecular weight is 271 g/mol. The summed E-state index contributed by atoms with van der Waals surface area (Å²) >= 11 is 0. The van der Waals surface area contributed by atoms with Crippen molar-refractivity contribution in [3.63, 3.8) is 0 Å². The summed E-state index contributed by atoms with van der Waals surface area (Å²) in [5, 5.41) is 10.8. The highest BCUT2D eigenvalue weighted by Gasteiger charge is 2.18. The number of carbonyl (C=O) groups excluding carboxylic acids is 1. The summed E-state index contributed by atoms with van der Waals surface area (Å²) in [5.41, 5.74) is 2.89. The Labute approximate surface area is 115 Å². The molecule has 0 unspecified atom stereocenters. The third-order valence-corrected chi connectivity index (χ3v) is 3.64. The second kappa shape index (κ2) is 4.88. The molecule has 2 aromatic rings. The smallest absolute Gasteiger partial charge is 0.280 e. The molecule has 1 aliphatic carbocycles. The molecule has 0 atom stereocenters. The minimum absolute atomic E-state index is 0.0887. The Morgan fingerprint density at radius 3 is 2.85 bits per heavy atom. The number of nitro benzene ring substituents is 1. The van der Waals surface area contributed by atoms with Crippen molar-refractivity contribution < 1.29 is 9.72 Å². The minimum atomic E-state index is -0.545. The van der Waals surface area contributed by atoms with Crippen molar-refractivity contribution in [3.8, 4) is 5.69 Å². The van der Waals surface area contributed by atoms with Crippen LogP contribution in [0.4, 0.5) is 5.69 Å². The van der Waals surface area contributed by atoms with Crippen molar-refractivity contribution in [2.75, 3.05) is 0 Å². The zero-order chi connectivity index (χ0) is 14.1. The molecular formula is C14H13N3O3. The van der Waals surface area contributed by atoms with Crippen molar-refractivity contribution in [1.82, 2.24) is 9.55 Å². The fraction of sp³-hybridized carbons (Fsp3) is 0.286. The van der Waals surface area contributed by atoms with Gasteiger partial charge in [-0.05, 0) is 37.8 Å². The lowest BCUT2D eigenvalue weighted by atomic mass is 10.0. The van der Waals surface area contributed by atoms with Gasteiger partial charge < -0.3 is 4.57 Å². The molecule has 20 heavy (non-hydrogen) atoms. The van der Waals surface area contributed by atoms with Crippen molar-refractivity contribution in [2.45, 2.75) is 25.7 Å². The monoisotopic (exact) mass is 271 g/mol. The van der Waals surface area contributed by atoms with Crippen LogP contribution < -0.4 is 0 Å². The molecule has 3 rings (SSSR count). The minimum Gasteiger partial charge on any atom is -0.303 e. The normalized spacial score (nSPS) is 13.8. The van der Waals surface area contributed by atoms with Crippen molar-refractivity contribution in [1.29, 1.82) is 0 Å². The molecule has 0 aliphatic heterocycles. The maximum absolute atomic E-state index is 11.0. The van der Waals surface area contributed by atoms with E-state index in [0.29, 0.717) is 6.29 Å². The molecule has 1 aromatic heterocycles. The van der Waals surface area contributed by atoms with Crippen LogP contribution in [0.2, 0.25) is 0 Å². The van der Waals surface area contributed by atoms with E-state index in [0.717, 1.165) is 42.8 Å². The highest BCUT2D eigenvalue weighted by molar-refractivity contribution is 5.82. The first-order valence-electron chi connectivity index (χ1n) is 6.50. The molecular weight excluding hydrogens is 258 g/mol. The van der Waals surface area contributed by atoms with Gasteiger partial charge in [0.15, 0.2) is 6.29 Å². The quantitative estimate of drug-likeness (QED) is 0.488. The number of aromatic nitrogens is 2. The Hall–Kier alpha value is -2.50. The van der Waals surface area contributed by atoms with E-state index in [-0.39, 0.29) is 11.3 Å². The lowest BCUT2D eigenvalue weighted by molar-refractivity contribution is -0.385. The first-order valence-corrected chi connectivity index (χ1v) is 6.50. The highest BCUT2D eigenvalue weighted by atomic mass is 16.6. The van der Waals surface area contributed by atoms with Gasteiger partial charge >= 0.3 is 0 Å². The Morgan fingerprint density at radius 2 is 2.10 bits per heavy atom. The van der Waals surface area contributed by atoms with Crippen LogP contribution in [-0.2, 0) is 12.8 Å². The standard InChI is InChI=1S/C14H13N3O3/c18-8-10-7-11(5-6-13(10)17(19)20)16-9-15-12-3-1-2-4-14(12)16/h5-9H,1-4H2. The molecule has 0 bridgehead atoms. The average Bonchev–Trinajstić information content (AvgIpc) is 2.90. The van der Waals surface area contributed by atoms with Crippen LogP contribution in [0.5, 0.6) is 0 Å². The number of rotatable bonds is 3. The van der Waals surface area contributed by atoms with E-state index in [4.69, 9.17) is 0 Å². The molecule has 1 aliphatic rings. The van der Waals surface area contributed by atoms with E-state index in [9.17, 15) is 14.9 Å². The molecule has 0 radical (unpaired) electrons. The molecule has 1 heterocycles. The van der Waals surface area contributed by atoms with Gasteiger partial charge in [0.2, 0.25) is 0 Å². The molecule has 1 aromatic carbocycles. The molecule has 102 valence electrons. The molecule has 0 saturated carbocycles. The molecule has 6 heteroatoms. The van der Waals surface area contributed by atoms with Crippen molar-refractivity contribution in [3.05, 3.63) is 51.6 Å². The van der Waals surface area contributed by atoms with Crippen LogP contribution in [0.1, 0.15) is 34.6 Å². The maximum Gasteiger partial charge on any atom is 0.280 e. The number of imidazole rings is 1. The fourth-order valence-corrected chi connectivity index (χ4v) is 2.64. The highest BCUT2D eigenvalue weighted by Crippen LogP contribution is 2.26. The SMILES string of the molecule is O=Cc1cc(-n2cnc3c2CCCC3)ccc1[N+](=O)[O-].